The lowest BCUT2D eigenvalue weighted by Crippen LogP contribution is -2.24. The van der Waals surface area contributed by atoms with Crippen LogP contribution in [0, 0.1) is 6.92 Å². The summed E-state index contributed by atoms with van der Waals surface area (Å²) in [6.45, 7) is 4.38. The first-order valence-corrected chi connectivity index (χ1v) is 6.67. The summed E-state index contributed by atoms with van der Waals surface area (Å²) >= 11 is 5.82. The van der Waals surface area contributed by atoms with Crippen LogP contribution in [0.25, 0.3) is 0 Å². The fourth-order valence-corrected chi connectivity index (χ4v) is 2.00. The van der Waals surface area contributed by atoms with Gasteiger partial charge in [0.25, 0.3) is 0 Å². The lowest BCUT2D eigenvalue weighted by molar-refractivity contribution is 0.169. The Bertz CT molecular complexity index is 521. The van der Waals surface area contributed by atoms with Crippen LogP contribution in [0.3, 0.4) is 0 Å². The molecule has 2 N–H and O–H groups in total. The van der Waals surface area contributed by atoms with Crippen LogP contribution in [-0.2, 0) is 0 Å². The van der Waals surface area contributed by atoms with E-state index in [1.54, 1.807) is 12.1 Å². The third-order valence-electron chi connectivity index (χ3n) is 3.06. The molecule has 0 amide bonds. The van der Waals surface area contributed by atoms with Gasteiger partial charge >= 0.3 is 0 Å². The van der Waals surface area contributed by atoms with Crippen molar-refractivity contribution in [3.63, 3.8) is 0 Å². The van der Waals surface area contributed by atoms with Crippen LogP contribution in [0.15, 0.2) is 40.8 Å². The van der Waals surface area contributed by atoms with Crippen LogP contribution in [0.2, 0.25) is 5.02 Å². The van der Waals surface area contributed by atoms with E-state index in [9.17, 15) is 5.11 Å². The lowest BCUT2D eigenvalue weighted by Gasteiger charge is -2.16. The Labute approximate surface area is 118 Å². The number of halogens is 1. The maximum Gasteiger partial charge on any atom is 0.120 e. The summed E-state index contributed by atoms with van der Waals surface area (Å²) in [5.41, 5.74) is 0.847. The first kappa shape index (κ1) is 14.1. The molecule has 0 spiro atoms. The third kappa shape index (κ3) is 3.83. The van der Waals surface area contributed by atoms with Gasteiger partial charge in [0.1, 0.15) is 11.5 Å². The molecule has 1 aromatic carbocycles. The van der Waals surface area contributed by atoms with E-state index in [1.807, 2.05) is 38.1 Å². The number of aliphatic hydroxyl groups is 1. The SMILES string of the molecule is Cc1ccc(C(C)NCC(O)c2ccc(Cl)cc2)o1. The number of benzene rings is 1. The molecule has 2 atom stereocenters. The third-order valence-corrected chi connectivity index (χ3v) is 3.31. The zero-order valence-corrected chi connectivity index (χ0v) is 11.8. The van der Waals surface area contributed by atoms with Crippen molar-refractivity contribution in [2.45, 2.75) is 26.0 Å². The van der Waals surface area contributed by atoms with E-state index >= 15 is 0 Å². The van der Waals surface area contributed by atoms with Crippen molar-refractivity contribution in [3.05, 3.63) is 58.5 Å². The van der Waals surface area contributed by atoms with Gasteiger partial charge in [-0.3, -0.25) is 0 Å². The molecule has 3 nitrogen and oxygen atoms in total. The van der Waals surface area contributed by atoms with Crippen LogP contribution in [0.1, 0.15) is 36.2 Å². The summed E-state index contributed by atoms with van der Waals surface area (Å²) in [5.74, 6) is 1.77. The van der Waals surface area contributed by atoms with Gasteiger partial charge in [-0.25, -0.2) is 0 Å². The fourth-order valence-electron chi connectivity index (χ4n) is 1.88. The van der Waals surface area contributed by atoms with Gasteiger partial charge in [-0.05, 0) is 43.7 Å². The lowest BCUT2D eigenvalue weighted by atomic mass is 10.1. The minimum atomic E-state index is -0.559. The molecule has 0 fully saturated rings. The number of aliphatic hydroxyl groups excluding tert-OH is 1. The summed E-state index contributed by atoms with van der Waals surface area (Å²) < 4.78 is 5.54. The van der Waals surface area contributed by atoms with Crippen molar-refractivity contribution in [2.75, 3.05) is 6.54 Å². The zero-order chi connectivity index (χ0) is 13.8. The van der Waals surface area contributed by atoms with Gasteiger partial charge in [0.15, 0.2) is 0 Å². The molecule has 0 saturated heterocycles. The Morgan fingerprint density at radius 1 is 1.21 bits per heavy atom. The highest BCUT2D eigenvalue weighted by Gasteiger charge is 2.12. The molecular weight excluding hydrogens is 262 g/mol. The van der Waals surface area contributed by atoms with Gasteiger partial charge in [0.2, 0.25) is 0 Å². The van der Waals surface area contributed by atoms with Crippen LogP contribution >= 0.6 is 11.6 Å². The Kier molecular flexibility index (Phi) is 4.64. The topological polar surface area (TPSA) is 45.4 Å². The first-order chi connectivity index (χ1) is 9.06. The normalized spacial score (nSPS) is 14.3. The molecule has 0 aliphatic heterocycles. The Hall–Kier alpha value is -1.29. The molecule has 19 heavy (non-hydrogen) atoms. The minimum Gasteiger partial charge on any atom is -0.465 e. The molecule has 0 aliphatic carbocycles. The zero-order valence-electron chi connectivity index (χ0n) is 11.1. The predicted octanol–water partition coefficient (Wildman–Crippen LogP) is 3.63. The molecule has 2 unspecified atom stereocenters. The van der Waals surface area contributed by atoms with E-state index in [1.165, 1.54) is 0 Å². The quantitative estimate of drug-likeness (QED) is 0.878. The molecule has 4 heteroatoms. The van der Waals surface area contributed by atoms with Crippen LogP contribution < -0.4 is 5.32 Å². The second kappa shape index (κ2) is 6.24. The van der Waals surface area contributed by atoms with Crippen molar-refractivity contribution in [3.8, 4) is 0 Å². The van der Waals surface area contributed by atoms with Crippen molar-refractivity contribution < 1.29 is 9.52 Å². The monoisotopic (exact) mass is 279 g/mol. The van der Waals surface area contributed by atoms with Gasteiger partial charge in [-0.2, -0.15) is 0 Å². The molecule has 102 valence electrons. The van der Waals surface area contributed by atoms with Crippen LogP contribution in [0.4, 0.5) is 0 Å². The Morgan fingerprint density at radius 3 is 2.47 bits per heavy atom. The number of furan rings is 1. The highest BCUT2D eigenvalue weighted by molar-refractivity contribution is 6.30. The second-order valence-corrected chi connectivity index (χ2v) is 5.08. The molecular formula is C15H18ClNO2. The van der Waals surface area contributed by atoms with E-state index in [2.05, 4.69) is 5.32 Å². The Balaban J connectivity index is 1.89. The molecule has 2 rings (SSSR count). The molecule has 0 saturated carbocycles. The van der Waals surface area contributed by atoms with Gasteiger partial charge in [-0.15, -0.1) is 0 Å². The summed E-state index contributed by atoms with van der Waals surface area (Å²) in [5, 5.41) is 14.0. The largest absolute Gasteiger partial charge is 0.465 e. The predicted molar refractivity (Wildman–Crippen MR) is 76.3 cm³/mol. The first-order valence-electron chi connectivity index (χ1n) is 6.29. The summed E-state index contributed by atoms with van der Waals surface area (Å²) in [4.78, 5) is 0. The van der Waals surface area contributed by atoms with E-state index in [4.69, 9.17) is 16.0 Å². The summed E-state index contributed by atoms with van der Waals surface area (Å²) in [6, 6.07) is 11.2. The number of nitrogens with one attached hydrogen (secondary N) is 1. The standard InChI is InChI=1S/C15H18ClNO2/c1-10-3-8-15(19-10)11(2)17-9-14(18)12-4-6-13(16)7-5-12/h3-8,11,14,17-18H,9H2,1-2H3. The van der Waals surface area contributed by atoms with E-state index < -0.39 is 6.10 Å². The fraction of sp³-hybridized carbons (Fsp3) is 0.333. The van der Waals surface area contributed by atoms with Crippen molar-refractivity contribution in [2.24, 2.45) is 0 Å². The molecule has 0 aliphatic rings. The summed E-state index contributed by atoms with van der Waals surface area (Å²) in [6.07, 6.45) is -0.559. The van der Waals surface area contributed by atoms with Gasteiger partial charge in [0.05, 0.1) is 12.1 Å². The van der Waals surface area contributed by atoms with Gasteiger partial charge in [0, 0.05) is 11.6 Å². The van der Waals surface area contributed by atoms with E-state index in [0.29, 0.717) is 11.6 Å². The average Bonchev–Trinajstić information content (AvgIpc) is 2.83. The van der Waals surface area contributed by atoms with Crippen LogP contribution in [0.5, 0.6) is 0 Å². The number of hydrogen-bond donors (Lipinski definition) is 2. The van der Waals surface area contributed by atoms with E-state index in [0.717, 1.165) is 17.1 Å². The van der Waals surface area contributed by atoms with Crippen molar-refractivity contribution in [1.82, 2.24) is 5.32 Å². The Morgan fingerprint density at radius 2 is 1.89 bits per heavy atom. The second-order valence-electron chi connectivity index (χ2n) is 4.65. The molecule has 1 heterocycles. The highest BCUT2D eigenvalue weighted by Crippen LogP contribution is 2.19. The van der Waals surface area contributed by atoms with Crippen molar-refractivity contribution >= 4 is 11.6 Å². The smallest absolute Gasteiger partial charge is 0.120 e. The summed E-state index contributed by atoms with van der Waals surface area (Å²) in [7, 11) is 0. The molecule has 0 bridgehead atoms. The van der Waals surface area contributed by atoms with Crippen molar-refractivity contribution in [1.29, 1.82) is 0 Å². The number of rotatable bonds is 5. The molecule has 1 aromatic heterocycles. The maximum absolute atomic E-state index is 10.1. The van der Waals surface area contributed by atoms with Gasteiger partial charge < -0.3 is 14.8 Å². The number of hydrogen-bond acceptors (Lipinski definition) is 3. The average molecular weight is 280 g/mol. The minimum absolute atomic E-state index is 0.0654. The highest BCUT2D eigenvalue weighted by atomic mass is 35.5. The maximum atomic E-state index is 10.1. The van der Waals surface area contributed by atoms with Crippen LogP contribution in [-0.4, -0.2) is 11.7 Å². The number of aryl methyl sites for hydroxylation is 1. The van der Waals surface area contributed by atoms with E-state index in [-0.39, 0.29) is 6.04 Å². The van der Waals surface area contributed by atoms with Gasteiger partial charge in [-0.1, -0.05) is 23.7 Å². The molecule has 0 radical (unpaired) electrons. The molecule has 2 aromatic rings.